The summed E-state index contributed by atoms with van der Waals surface area (Å²) in [7, 11) is 0. The van der Waals surface area contributed by atoms with Gasteiger partial charge in [-0.25, -0.2) is 0 Å². The van der Waals surface area contributed by atoms with Crippen molar-refractivity contribution in [3.05, 3.63) is 23.5 Å². The molecule has 0 aliphatic carbocycles. The van der Waals surface area contributed by atoms with Crippen LogP contribution in [0, 0.1) is 0 Å². The third kappa shape index (κ3) is 4.13. The van der Waals surface area contributed by atoms with Crippen molar-refractivity contribution in [2.24, 2.45) is 0 Å². The van der Waals surface area contributed by atoms with Crippen LogP contribution < -0.4 is 5.32 Å². The number of hydrogen-bond donors (Lipinski definition) is 1. The summed E-state index contributed by atoms with van der Waals surface area (Å²) in [5.41, 5.74) is 1.98. The smallest absolute Gasteiger partial charge is 0.253 e. The fourth-order valence-electron chi connectivity index (χ4n) is 3.32. The van der Waals surface area contributed by atoms with Gasteiger partial charge in [0.1, 0.15) is 0 Å². The fraction of sp³-hybridized carbons (Fsp3) is 0.722. The minimum absolute atomic E-state index is 0.0736. The highest BCUT2D eigenvalue weighted by Gasteiger charge is 2.19. The number of aromatic nitrogens is 1. The third-order valence-electron chi connectivity index (χ3n) is 4.44. The Bertz CT molecular complexity index is 485. The average Bonchev–Trinajstić information content (AvgIpc) is 3.11. The van der Waals surface area contributed by atoms with E-state index < -0.39 is 0 Å². The van der Waals surface area contributed by atoms with Crippen LogP contribution in [0.4, 0.5) is 0 Å². The number of nitrogens with zero attached hydrogens (tertiary/aromatic N) is 2. The molecule has 1 fully saturated rings. The van der Waals surface area contributed by atoms with E-state index in [1.807, 2.05) is 12.3 Å². The molecule has 0 bridgehead atoms. The maximum absolute atomic E-state index is 12.5. The van der Waals surface area contributed by atoms with Gasteiger partial charge in [0.15, 0.2) is 0 Å². The zero-order valence-electron chi connectivity index (χ0n) is 14.6. The van der Waals surface area contributed by atoms with Crippen molar-refractivity contribution in [3.63, 3.8) is 0 Å². The van der Waals surface area contributed by atoms with Gasteiger partial charge in [0.05, 0.1) is 5.56 Å². The van der Waals surface area contributed by atoms with Crippen LogP contribution >= 0.6 is 0 Å². The summed E-state index contributed by atoms with van der Waals surface area (Å²) in [6.45, 7) is 12.9. The predicted octanol–water partition coefficient (Wildman–Crippen LogP) is 3.41. The van der Waals surface area contributed by atoms with Crippen molar-refractivity contribution in [2.45, 2.75) is 58.9 Å². The van der Waals surface area contributed by atoms with Gasteiger partial charge in [0.2, 0.25) is 0 Å². The molecular weight excluding hydrogens is 274 g/mol. The molecule has 0 aromatic carbocycles. The molecule has 2 rings (SSSR count). The van der Waals surface area contributed by atoms with E-state index in [4.69, 9.17) is 0 Å². The summed E-state index contributed by atoms with van der Waals surface area (Å²) in [4.78, 5) is 15.0. The molecule has 0 unspecified atom stereocenters. The highest BCUT2D eigenvalue weighted by atomic mass is 16.1. The van der Waals surface area contributed by atoms with Crippen molar-refractivity contribution >= 4 is 5.91 Å². The van der Waals surface area contributed by atoms with Gasteiger partial charge in [-0.05, 0) is 64.7 Å². The second-order valence-electron chi connectivity index (χ2n) is 6.93. The van der Waals surface area contributed by atoms with E-state index in [1.54, 1.807) is 0 Å². The molecular formula is C18H31N3O. The standard InChI is InChI=1S/C18H31N3O/c1-14(2)17-16(8-13-21(17)15(3)4)18(22)19-9-7-12-20-10-5-6-11-20/h8,13-15H,5-7,9-12H2,1-4H3,(H,19,22). The second-order valence-corrected chi connectivity index (χ2v) is 6.93. The molecule has 1 saturated heterocycles. The summed E-state index contributed by atoms with van der Waals surface area (Å²) < 4.78 is 2.21. The molecule has 0 atom stereocenters. The van der Waals surface area contributed by atoms with Crippen LogP contribution in [0.5, 0.6) is 0 Å². The van der Waals surface area contributed by atoms with Gasteiger partial charge in [-0.2, -0.15) is 0 Å². The Morgan fingerprint density at radius 1 is 1.23 bits per heavy atom. The summed E-state index contributed by atoms with van der Waals surface area (Å²) in [5, 5.41) is 3.09. The van der Waals surface area contributed by atoms with Crippen LogP contribution in [-0.4, -0.2) is 41.6 Å². The molecule has 0 saturated carbocycles. The molecule has 1 amide bonds. The van der Waals surface area contributed by atoms with Gasteiger partial charge in [0, 0.05) is 24.5 Å². The highest BCUT2D eigenvalue weighted by Crippen LogP contribution is 2.24. The van der Waals surface area contributed by atoms with Gasteiger partial charge in [-0.15, -0.1) is 0 Å². The molecule has 1 N–H and O–H groups in total. The number of hydrogen-bond acceptors (Lipinski definition) is 2. The monoisotopic (exact) mass is 305 g/mol. The van der Waals surface area contributed by atoms with Crippen molar-refractivity contribution in [2.75, 3.05) is 26.2 Å². The van der Waals surface area contributed by atoms with Gasteiger partial charge in [0.25, 0.3) is 5.91 Å². The Morgan fingerprint density at radius 3 is 2.50 bits per heavy atom. The van der Waals surface area contributed by atoms with E-state index in [-0.39, 0.29) is 5.91 Å². The number of amides is 1. The summed E-state index contributed by atoms with van der Waals surface area (Å²) in [6, 6.07) is 2.35. The second kappa shape index (κ2) is 7.82. The highest BCUT2D eigenvalue weighted by molar-refractivity contribution is 5.95. The van der Waals surface area contributed by atoms with E-state index in [1.165, 1.54) is 25.9 Å². The van der Waals surface area contributed by atoms with Gasteiger partial charge in [-0.1, -0.05) is 13.8 Å². The molecule has 4 nitrogen and oxygen atoms in total. The first kappa shape index (κ1) is 17.1. The fourth-order valence-corrected chi connectivity index (χ4v) is 3.32. The van der Waals surface area contributed by atoms with Crippen LogP contribution in [0.1, 0.15) is 75.0 Å². The Labute approximate surface area is 134 Å². The molecule has 124 valence electrons. The lowest BCUT2D eigenvalue weighted by atomic mass is 10.0. The number of likely N-dealkylation sites (tertiary alicyclic amines) is 1. The molecule has 1 aromatic rings. The van der Waals surface area contributed by atoms with Crippen LogP contribution in [0.2, 0.25) is 0 Å². The molecule has 2 heterocycles. The van der Waals surface area contributed by atoms with Crippen molar-refractivity contribution < 1.29 is 4.79 Å². The average molecular weight is 305 g/mol. The Hall–Kier alpha value is -1.29. The number of rotatable bonds is 7. The van der Waals surface area contributed by atoms with E-state index >= 15 is 0 Å². The number of carbonyl (C=O) groups is 1. The Kier molecular flexibility index (Phi) is 6.07. The van der Waals surface area contributed by atoms with Crippen LogP contribution in [0.25, 0.3) is 0 Å². The van der Waals surface area contributed by atoms with Crippen LogP contribution in [0.15, 0.2) is 12.3 Å². The first-order valence-corrected chi connectivity index (χ1v) is 8.72. The maximum Gasteiger partial charge on any atom is 0.253 e. The Morgan fingerprint density at radius 2 is 1.91 bits per heavy atom. The number of carbonyl (C=O) groups excluding carboxylic acids is 1. The summed E-state index contributed by atoms with van der Waals surface area (Å²) in [6.07, 6.45) is 5.73. The lowest BCUT2D eigenvalue weighted by molar-refractivity contribution is 0.0950. The zero-order valence-corrected chi connectivity index (χ0v) is 14.6. The normalized spacial score (nSPS) is 15.9. The van der Waals surface area contributed by atoms with Gasteiger partial charge in [-0.3, -0.25) is 4.79 Å². The Balaban J connectivity index is 1.89. The van der Waals surface area contributed by atoms with E-state index in [2.05, 4.69) is 42.5 Å². The minimum Gasteiger partial charge on any atom is -0.352 e. The number of nitrogens with one attached hydrogen (secondary N) is 1. The topological polar surface area (TPSA) is 37.3 Å². The predicted molar refractivity (Wildman–Crippen MR) is 91.5 cm³/mol. The van der Waals surface area contributed by atoms with Gasteiger partial charge < -0.3 is 14.8 Å². The molecule has 0 spiro atoms. The van der Waals surface area contributed by atoms with E-state index in [0.29, 0.717) is 12.0 Å². The summed E-state index contributed by atoms with van der Waals surface area (Å²) >= 11 is 0. The minimum atomic E-state index is 0.0736. The molecule has 4 heteroatoms. The molecule has 1 aliphatic rings. The first-order valence-electron chi connectivity index (χ1n) is 8.72. The van der Waals surface area contributed by atoms with Gasteiger partial charge >= 0.3 is 0 Å². The van der Waals surface area contributed by atoms with Crippen molar-refractivity contribution in [3.8, 4) is 0 Å². The SMILES string of the molecule is CC(C)c1c(C(=O)NCCCN2CCCC2)ccn1C(C)C. The molecule has 1 aromatic heterocycles. The van der Waals surface area contributed by atoms with Crippen molar-refractivity contribution in [1.82, 2.24) is 14.8 Å². The molecule has 0 radical (unpaired) electrons. The largest absolute Gasteiger partial charge is 0.352 e. The quantitative estimate of drug-likeness (QED) is 0.784. The summed E-state index contributed by atoms with van der Waals surface area (Å²) in [5.74, 6) is 0.423. The lowest BCUT2D eigenvalue weighted by Gasteiger charge is -2.18. The van der Waals surface area contributed by atoms with E-state index in [0.717, 1.165) is 30.8 Å². The third-order valence-corrected chi connectivity index (χ3v) is 4.44. The lowest BCUT2D eigenvalue weighted by Crippen LogP contribution is -2.29. The van der Waals surface area contributed by atoms with Crippen LogP contribution in [-0.2, 0) is 0 Å². The molecule has 1 aliphatic heterocycles. The van der Waals surface area contributed by atoms with Crippen LogP contribution in [0.3, 0.4) is 0 Å². The first-order chi connectivity index (χ1) is 10.5. The van der Waals surface area contributed by atoms with Crippen molar-refractivity contribution in [1.29, 1.82) is 0 Å². The maximum atomic E-state index is 12.5. The van der Waals surface area contributed by atoms with E-state index in [9.17, 15) is 4.79 Å². The molecule has 22 heavy (non-hydrogen) atoms. The zero-order chi connectivity index (χ0) is 16.1.